The van der Waals surface area contributed by atoms with Crippen LogP contribution >= 0.6 is 0 Å². The molecule has 0 aliphatic heterocycles. The Bertz CT molecular complexity index is 541. The molecule has 0 bridgehead atoms. The number of nitrogens with zero attached hydrogens (tertiary/aromatic N) is 1. The predicted octanol–water partition coefficient (Wildman–Crippen LogP) is 4.56. The molecule has 0 aliphatic carbocycles. The van der Waals surface area contributed by atoms with E-state index in [4.69, 9.17) is 0 Å². The minimum Gasteiger partial charge on any atom is -0.256 e. The summed E-state index contributed by atoms with van der Waals surface area (Å²) in [5, 5.41) is 0. The lowest BCUT2D eigenvalue weighted by Crippen LogP contribution is -1.95. The summed E-state index contributed by atoms with van der Waals surface area (Å²) in [5.74, 6) is 0.688. The number of hydrogen-bond donors (Lipinski definition) is 0. The van der Waals surface area contributed by atoms with Crippen LogP contribution in [0, 0.1) is 19.8 Å². The Morgan fingerprint density at radius 1 is 1.06 bits per heavy atom. The van der Waals surface area contributed by atoms with Gasteiger partial charge in [-0.1, -0.05) is 32.0 Å². The van der Waals surface area contributed by atoms with Gasteiger partial charge in [-0.2, -0.15) is 0 Å². The van der Waals surface area contributed by atoms with E-state index >= 15 is 0 Å². The van der Waals surface area contributed by atoms with Crippen molar-refractivity contribution in [3.05, 3.63) is 53.2 Å². The molecule has 94 valence electrons. The first-order valence-electron chi connectivity index (χ1n) is 6.59. The van der Waals surface area contributed by atoms with Gasteiger partial charge in [-0.15, -0.1) is 0 Å². The summed E-state index contributed by atoms with van der Waals surface area (Å²) in [4.78, 5) is 4.53. The summed E-state index contributed by atoms with van der Waals surface area (Å²) in [5.41, 5.74) is 6.23. The monoisotopic (exact) mass is 239 g/mol. The standard InChI is InChI=1S/C17H21N/c1-12(2)8-15-6-5-7-16(10-15)17-9-13(3)14(4)11-18-17/h5-7,9-12H,8H2,1-4H3. The zero-order valence-corrected chi connectivity index (χ0v) is 11.7. The average Bonchev–Trinajstić information content (AvgIpc) is 2.32. The second-order valence-corrected chi connectivity index (χ2v) is 5.45. The molecule has 1 heterocycles. The third-order valence-electron chi connectivity index (χ3n) is 3.24. The van der Waals surface area contributed by atoms with Crippen LogP contribution in [0.1, 0.15) is 30.5 Å². The number of aryl methyl sites for hydroxylation is 2. The van der Waals surface area contributed by atoms with Gasteiger partial charge in [0.05, 0.1) is 5.69 Å². The van der Waals surface area contributed by atoms with E-state index in [2.05, 4.69) is 63.0 Å². The molecule has 1 nitrogen and oxygen atoms in total. The molecule has 0 saturated carbocycles. The molecular formula is C17H21N. The van der Waals surface area contributed by atoms with E-state index in [1.165, 1.54) is 22.3 Å². The van der Waals surface area contributed by atoms with Gasteiger partial charge in [0, 0.05) is 11.8 Å². The highest BCUT2D eigenvalue weighted by atomic mass is 14.7. The van der Waals surface area contributed by atoms with Crippen LogP contribution in [0.2, 0.25) is 0 Å². The molecule has 0 N–H and O–H groups in total. The van der Waals surface area contributed by atoms with Crippen LogP contribution in [-0.2, 0) is 6.42 Å². The van der Waals surface area contributed by atoms with Crippen LogP contribution in [-0.4, -0.2) is 4.98 Å². The molecular weight excluding hydrogens is 218 g/mol. The van der Waals surface area contributed by atoms with Crippen LogP contribution in [0.3, 0.4) is 0 Å². The molecule has 2 rings (SSSR count). The summed E-state index contributed by atoms with van der Waals surface area (Å²) in [6, 6.07) is 10.9. The van der Waals surface area contributed by atoms with Gasteiger partial charge < -0.3 is 0 Å². The molecule has 1 heteroatoms. The fourth-order valence-electron chi connectivity index (χ4n) is 2.11. The molecule has 0 aliphatic rings. The van der Waals surface area contributed by atoms with Gasteiger partial charge in [0.2, 0.25) is 0 Å². The van der Waals surface area contributed by atoms with Gasteiger partial charge >= 0.3 is 0 Å². The van der Waals surface area contributed by atoms with Crippen molar-refractivity contribution in [1.29, 1.82) is 0 Å². The fraction of sp³-hybridized carbons (Fsp3) is 0.353. The summed E-state index contributed by atoms with van der Waals surface area (Å²) < 4.78 is 0. The number of benzene rings is 1. The topological polar surface area (TPSA) is 12.9 Å². The molecule has 0 amide bonds. The highest BCUT2D eigenvalue weighted by Gasteiger charge is 2.04. The number of aromatic nitrogens is 1. The van der Waals surface area contributed by atoms with Crippen molar-refractivity contribution >= 4 is 0 Å². The predicted molar refractivity (Wildman–Crippen MR) is 77.7 cm³/mol. The van der Waals surface area contributed by atoms with Crippen molar-refractivity contribution in [2.75, 3.05) is 0 Å². The lowest BCUT2D eigenvalue weighted by Gasteiger charge is -2.08. The van der Waals surface area contributed by atoms with Gasteiger partial charge in [-0.25, -0.2) is 0 Å². The Morgan fingerprint density at radius 3 is 2.50 bits per heavy atom. The molecule has 0 saturated heterocycles. The molecule has 0 fully saturated rings. The first-order chi connectivity index (χ1) is 8.56. The van der Waals surface area contributed by atoms with Gasteiger partial charge in [-0.05, 0) is 55.0 Å². The van der Waals surface area contributed by atoms with Gasteiger partial charge in [0.1, 0.15) is 0 Å². The molecule has 2 aromatic rings. The Hall–Kier alpha value is -1.63. The Morgan fingerprint density at radius 2 is 1.83 bits per heavy atom. The normalized spacial score (nSPS) is 10.9. The van der Waals surface area contributed by atoms with Crippen LogP contribution in [0.5, 0.6) is 0 Å². The highest BCUT2D eigenvalue weighted by molar-refractivity contribution is 5.61. The second-order valence-electron chi connectivity index (χ2n) is 5.45. The zero-order valence-electron chi connectivity index (χ0n) is 11.7. The average molecular weight is 239 g/mol. The minimum absolute atomic E-state index is 0.688. The van der Waals surface area contributed by atoms with Gasteiger partial charge in [0.15, 0.2) is 0 Å². The minimum atomic E-state index is 0.688. The summed E-state index contributed by atoms with van der Waals surface area (Å²) in [7, 11) is 0. The van der Waals surface area contributed by atoms with Crippen molar-refractivity contribution in [3.8, 4) is 11.3 Å². The quantitative estimate of drug-likeness (QED) is 0.765. The highest BCUT2D eigenvalue weighted by Crippen LogP contribution is 2.21. The van der Waals surface area contributed by atoms with Crippen molar-refractivity contribution in [1.82, 2.24) is 4.98 Å². The van der Waals surface area contributed by atoms with E-state index in [9.17, 15) is 0 Å². The summed E-state index contributed by atoms with van der Waals surface area (Å²) >= 11 is 0. The summed E-state index contributed by atoms with van der Waals surface area (Å²) in [6.07, 6.45) is 3.08. The number of pyridine rings is 1. The molecule has 0 spiro atoms. The van der Waals surface area contributed by atoms with Crippen molar-refractivity contribution in [2.24, 2.45) is 5.92 Å². The Labute approximate surface area is 110 Å². The number of hydrogen-bond acceptors (Lipinski definition) is 1. The molecule has 18 heavy (non-hydrogen) atoms. The maximum Gasteiger partial charge on any atom is 0.0704 e. The second kappa shape index (κ2) is 5.34. The maximum atomic E-state index is 4.53. The van der Waals surface area contributed by atoms with Crippen LogP contribution in [0.4, 0.5) is 0 Å². The molecule has 1 aromatic carbocycles. The van der Waals surface area contributed by atoms with E-state index < -0.39 is 0 Å². The van der Waals surface area contributed by atoms with E-state index in [1.54, 1.807) is 0 Å². The third-order valence-corrected chi connectivity index (χ3v) is 3.24. The van der Waals surface area contributed by atoms with Gasteiger partial charge in [0.25, 0.3) is 0 Å². The SMILES string of the molecule is Cc1cnc(-c2cccc(CC(C)C)c2)cc1C. The molecule has 0 radical (unpaired) electrons. The van der Waals surface area contributed by atoms with Crippen LogP contribution in [0.15, 0.2) is 36.5 Å². The van der Waals surface area contributed by atoms with E-state index in [0.717, 1.165) is 12.1 Å². The maximum absolute atomic E-state index is 4.53. The van der Waals surface area contributed by atoms with E-state index in [-0.39, 0.29) is 0 Å². The van der Waals surface area contributed by atoms with Crippen LogP contribution < -0.4 is 0 Å². The smallest absolute Gasteiger partial charge is 0.0704 e. The molecule has 1 aromatic heterocycles. The van der Waals surface area contributed by atoms with Crippen molar-refractivity contribution in [3.63, 3.8) is 0 Å². The lowest BCUT2D eigenvalue weighted by molar-refractivity contribution is 0.647. The van der Waals surface area contributed by atoms with Crippen LogP contribution in [0.25, 0.3) is 11.3 Å². The fourth-order valence-corrected chi connectivity index (χ4v) is 2.11. The third kappa shape index (κ3) is 2.98. The van der Waals surface area contributed by atoms with Crippen molar-refractivity contribution in [2.45, 2.75) is 34.1 Å². The first-order valence-corrected chi connectivity index (χ1v) is 6.59. The number of rotatable bonds is 3. The lowest BCUT2D eigenvalue weighted by atomic mass is 9.99. The van der Waals surface area contributed by atoms with Crippen molar-refractivity contribution < 1.29 is 0 Å². The first kappa shape index (κ1) is 12.8. The van der Waals surface area contributed by atoms with E-state index in [1.807, 2.05) is 6.20 Å². The van der Waals surface area contributed by atoms with E-state index in [0.29, 0.717) is 5.92 Å². The molecule has 0 atom stereocenters. The Kier molecular flexibility index (Phi) is 3.81. The van der Waals surface area contributed by atoms with Gasteiger partial charge in [-0.3, -0.25) is 4.98 Å². The summed E-state index contributed by atoms with van der Waals surface area (Å²) in [6.45, 7) is 8.74. The zero-order chi connectivity index (χ0) is 13.1. The molecule has 0 unspecified atom stereocenters. The Balaban J connectivity index is 2.35. The largest absolute Gasteiger partial charge is 0.256 e.